The molecular weight excluding hydrogens is 1340 g/mol. The van der Waals surface area contributed by atoms with Gasteiger partial charge in [-0.25, -0.2) is 9.59 Å². The predicted molar refractivity (Wildman–Crippen MR) is 479 cm³/mol. The first-order valence-corrected chi connectivity index (χ1v) is 37.4. The minimum Gasteiger partial charge on any atom is -0.513 e. The molecular formula is C101H136O8. The highest BCUT2D eigenvalue weighted by Gasteiger charge is 2.03. The van der Waals surface area contributed by atoms with E-state index in [1.165, 1.54) is 81.1 Å². The van der Waals surface area contributed by atoms with E-state index < -0.39 is 0 Å². The average Bonchev–Trinajstić information content (AvgIpc) is 1.00. The van der Waals surface area contributed by atoms with Crippen molar-refractivity contribution in [3.63, 3.8) is 0 Å². The number of methoxy groups -OCH3 is 2. The fourth-order valence-electron chi connectivity index (χ4n) is 8.42. The molecule has 588 valence electrons. The van der Waals surface area contributed by atoms with Crippen molar-refractivity contribution in [1.82, 2.24) is 0 Å². The number of aldehydes is 2. The first kappa shape index (κ1) is 103. The van der Waals surface area contributed by atoms with Crippen LogP contribution in [0.1, 0.15) is 191 Å². The van der Waals surface area contributed by atoms with Crippen LogP contribution in [0.25, 0.3) is 0 Å². The van der Waals surface area contributed by atoms with Crippen LogP contribution in [0.2, 0.25) is 0 Å². The van der Waals surface area contributed by atoms with Crippen molar-refractivity contribution in [1.29, 1.82) is 0 Å². The van der Waals surface area contributed by atoms with Crippen LogP contribution in [-0.4, -0.2) is 55.6 Å². The molecule has 0 aromatic carbocycles. The fraction of sp³-hybridized carbons (Fsp3) is 0.307. The SMILES string of the molecule is C/C(O)=C\CC/C(C)=C/C=C/C(C)=C/C=C/C(C)=C/C=C/C=C(C)/C=C/C=C(C)/C=C/C=C(\C)CC/C=C(\C)CO.COC(=O)/C(C)=C/CC/C(C)=C/C=C/C(C)=C/C=C/C(C)=C/C=C/C=C(C)/C=C/C=C(C)/C=C/C=C(\C)CC/C=C(\C)C(=O)OC.C\C(C=O)=C/C=C/C(C)=C/C=C/C=C(C)/C=C/C=C(\C)C=O.[HH]. The van der Waals surface area contributed by atoms with Crippen LogP contribution in [0.4, 0.5) is 0 Å². The highest BCUT2D eigenvalue weighted by Crippen LogP contribution is 2.14. The monoisotopic (exact) mass is 1480 g/mol. The Hall–Kier alpha value is -10.5. The quantitative estimate of drug-likeness (QED) is 0.0154. The van der Waals surface area contributed by atoms with E-state index in [1.807, 2.05) is 99.8 Å². The Morgan fingerprint density at radius 2 is 0.440 bits per heavy atom. The maximum absolute atomic E-state index is 11.4. The summed E-state index contributed by atoms with van der Waals surface area (Å²) in [5.41, 5.74) is 20.5. The first-order valence-electron chi connectivity index (χ1n) is 37.4. The molecule has 0 saturated carbocycles. The zero-order valence-electron chi connectivity index (χ0n) is 70.4. The highest BCUT2D eigenvalue weighted by molar-refractivity contribution is 5.88. The van der Waals surface area contributed by atoms with Gasteiger partial charge in [0.15, 0.2) is 0 Å². The van der Waals surface area contributed by atoms with Crippen molar-refractivity contribution in [2.24, 2.45) is 0 Å². The molecule has 0 saturated heterocycles. The van der Waals surface area contributed by atoms with Crippen molar-refractivity contribution < 1.29 is 40.3 Å². The summed E-state index contributed by atoms with van der Waals surface area (Å²) in [5, 5.41) is 18.3. The van der Waals surface area contributed by atoms with Crippen molar-refractivity contribution in [3.8, 4) is 0 Å². The molecule has 0 fully saturated rings. The van der Waals surface area contributed by atoms with Crippen LogP contribution < -0.4 is 0 Å². The second kappa shape index (κ2) is 69.2. The summed E-state index contributed by atoms with van der Waals surface area (Å²) in [4.78, 5) is 43.7. The van der Waals surface area contributed by atoms with Gasteiger partial charge in [-0.15, -0.1) is 0 Å². The third kappa shape index (κ3) is 70.2. The summed E-state index contributed by atoms with van der Waals surface area (Å²) < 4.78 is 9.44. The Morgan fingerprint density at radius 1 is 0.257 bits per heavy atom. The lowest BCUT2D eigenvalue weighted by molar-refractivity contribution is -0.136. The molecule has 8 heteroatoms. The van der Waals surface area contributed by atoms with Gasteiger partial charge in [-0.2, -0.15) is 0 Å². The first-order chi connectivity index (χ1) is 51.9. The van der Waals surface area contributed by atoms with E-state index in [2.05, 4.69) is 271 Å². The number of rotatable bonds is 43. The van der Waals surface area contributed by atoms with Gasteiger partial charge in [0.2, 0.25) is 0 Å². The Labute approximate surface area is 662 Å². The van der Waals surface area contributed by atoms with E-state index in [9.17, 15) is 24.3 Å². The van der Waals surface area contributed by atoms with E-state index in [0.717, 1.165) is 80.7 Å². The zero-order chi connectivity index (χ0) is 82.4. The molecule has 0 aromatic heterocycles. The molecule has 0 aliphatic rings. The molecule has 0 radical (unpaired) electrons. The number of carbonyl (C=O) groups is 4. The smallest absolute Gasteiger partial charge is 0.333 e. The van der Waals surface area contributed by atoms with Gasteiger partial charge in [0, 0.05) is 12.6 Å². The van der Waals surface area contributed by atoms with E-state index in [0.29, 0.717) is 28.1 Å². The number of hydrogen-bond donors (Lipinski definition) is 2. The largest absolute Gasteiger partial charge is 0.513 e. The van der Waals surface area contributed by atoms with Gasteiger partial charge in [-0.3, -0.25) is 9.59 Å². The van der Waals surface area contributed by atoms with Crippen LogP contribution in [-0.2, 0) is 28.7 Å². The maximum Gasteiger partial charge on any atom is 0.333 e. The standard InChI is InChI=1S/C42H56O4.C39H54O2.C20H24O2.H2/c1-33(21-13-23-35(3)25-15-27-37(5)29-17-31-39(7)41(43)45-9)19-11-12-20-34(2)22-14-24-36(4)26-16-28-38(6)30-18-32-40(8)42(44)46-10;1-32(19-11-21-34(3)23-13-25-36(5)27-15-29-38(7)31-40)17-9-10-18-33(2)20-12-22-35(4)24-14-26-37(6)28-16-30-39(8)41;1-17(11-7-13-19(3)15-21)9-5-6-10-18(2)12-8-14-20(4)16-22;/h11-16,19-28,31-32H,17-18,29-30H2,1-10H3;9-14,17-26,29-30,40-41H,15-16,27-28,31H2,1-8H3;5-16H,1-4H3;1H/b12-11+,21-13+,22-14+,25-15+,26-16+,33-19+,34-20+,35-23+,36-24+,37-27+,38-28+,39-31+,40-32+;10-9+,19-11+,20-12+,23-13+,24-14+,32-17+,33-18+,34-21+,35-22+,36-25+,37-26+,38-29+,39-30+;6-5+,11-7+,12-8+,17-9+,18-10+,19-13+,20-14+;. The summed E-state index contributed by atoms with van der Waals surface area (Å²) in [6.07, 6.45) is 103. The molecule has 0 atom stereocenters. The molecule has 0 rings (SSSR count). The van der Waals surface area contributed by atoms with Gasteiger partial charge in [0.1, 0.15) is 12.6 Å². The third-order valence-electron chi connectivity index (χ3n) is 15.4. The molecule has 0 bridgehead atoms. The fourth-order valence-corrected chi connectivity index (χ4v) is 8.42. The van der Waals surface area contributed by atoms with Crippen molar-refractivity contribution in [2.45, 2.75) is 190 Å². The Kier molecular flexibility index (Phi) is 65.2. The number of aliphatic hydroxyl groups is 2. The molecule has 8 nitrogen and oxygen atoms in total. The van der Waals surface area contributed by atoms with Crippen LogP contribution >= 0.6 is 0 Å². The number of allylic oxidation sites excluding steroid dienone is 63. The van der Waals surface area contributed by atoms with Crippen LogP contribution in [0.3, 0.4) is 0 Å². The molecule has 2 N–H and O–H groups in total. The number of aliphatic hydroxyl groups excluding tert-OH is 2. The summed E-state index contributed by atoms with van der Waals surface area (Å²) in [6.45, 7) is 40.0. The Balaban J connectivity index is -0.000000806. The zero-order valence-corrected chi connectivity index (χ0v) is 70.4. The molecule has 0 aliphatic heterocycles. The van der Waals surface area contributed by atoms with Gasteiger partial charge in [-0.05, 0) is 207 Å². The molecule has 109 heavy (non-hydrogen) atoms. The third-order valence-corrected chi connectivity index (χ3v) is 15.4. The van der Waals surface area contributed by atoms with Crippen molar-refractivity contribution in [2.75, 3.05) is 20.8 Å². The minimum atomic E-state index is -0.271. The summed E-state index contributed by atoms with van der Waals surface area (Å²) in [5.74, 6) is -0.157. The van der Waals surface area contributed by atoms with Gasteiger partial charge in [-0.1, -0.05) is 357 Å². The lowest BCUT2D eigenvalue weighted by atomic mass is 10.1. The predicted octanol–water partition coefficient (Wildman–Crippen LogP) is 27.7. The summed E-state index contributed by atoms with van der Waals surface area (Å²) in [6, 6.07) is 0. The van der Waals surface area contributed by atoms with Gasteiger partial charge < -0.3 is 19.7 Å². The van der Waals surface area contributed by atoms with Gasteiger partial charge in [0.25, 0.3) is 0 Å². The normalized spacial score (nSPS) is 15.7. The van der Waals surface area contributed by atoms with E-state index in [-0.39, 0.29) is 20.0 Å². The lowest BCUT2D eigenvalue weighted by Crippen LogP contribution is -2.01. The molecule has 0 unspecified atom stereocenters. The van der Waals surface area contributed by atoms with Gasteiger partial charge in [0.05, 0.1) is 26.6 Å². The number of ether oxygens (including phenoxy) is 2. The average molecular weight is 1480 g/mol. The van der Waals surface area contributed by atoms with Crippen LogP contribution in [0.5, 0.6) is 0 Å². The maximum atomic E-state index is 11.4. The Bertz CT molecular complexity index is 3760. The van der Waals surface area contributed by atoms with Crippen molar-refractivity contribution >= 4 is 24.5 Å². The Morgan fingerprint density at radius 3 is 0.633 bits per heavy atom. The molecule has 0 aromatic rings. The van der Waals surface area contributed by atoms with Crippen LogP contribution in [0, 0.1) is 0 Å². The second-order valence-corrected chi connectivity index (χ2v) is 26.9. The number of esters is 2. The van der Waals surface area contributed by atoms with E-state index in [1.54, 1.807) is 46.8 Å². The lowest BCUT2D eigenvalue weighted by Gasteiger charge is -1.99. The second-order valence-electron chi connectivity index (χ2n) is 26.9. The molecule has 0 amide bonds. The van der Waals surface area contributed by atoms with E-state index >= 15 is 0 Å². The number of carbonyl (C=O) groups excluding carboxylic acids is 4. The number of hydrogen-bond acceptors (Lipinski definition) is 8. The van der Waals surface area contributed by atoms with Crippen molar-refractivity contribution in [3.05, 3.63) is 391 Å². The molecule has 0 spiro atoms. The minimum absolute atomic E-state index is 0. The summed E-state index contributed by atoms with van der Waals surface area (Å²) in [7, 11) is 2.80. The van der Waals surface area contributed by atoms with Gasteiger partial charge >= 0.3 is 11.9 Å². The summed E-state index contributed by atoms with van der Waals surface area (Å²) >= 11 is 0. The highest BCUT2D eigenvalue weighted by atomic mass is 16.5. The molecule has 0 aliphatic carbocycles. The van der Waals surface area contributed by atoms with E-state index in [4.69, 9.17) is 14.6 Å². The molecule has 0 heterocycles. The topological polar surface area (TPSA) is 127 Å². The van der Waals surface area contributed by atoms with Crippen LogP contribution in [0.15, 0.2) is 391 Å².